The Morgan fingerprint density at radius 1 is 1.58 bits per heavy atom. The third-order valence-corrected chi connectivity index (χ3v) is 4.51. The summed E-state index contributed by atoms with van der Waals surface area (Å²) in [4.78, 5) is 14.3. The molecule has 0 spiro atoms. The van der Waals surface area contributed by atoms with Crippen molar-refractivity contribution < 1.29 is 9.90 Å². The van der Waals surface area contributed by atoms with Crippen molar-refractivity contribution in [1.29, 1.82) is 0 Å². The average molecular weight is 347 g/mol. The van der Waals surface area contributed by atoms with E-state index in [9.17, 15) is 9.90 Å². The van der Waals surface area contributed by atoms with Crippen LogP contribution in [-0.4, -0.2) is 35.1 Å². The van der Waals surface area contributed by atoms with E-state index in [0.717, 1.165) is 23.9 Å². The van der Waals surface area contributed by atoms with Crippen LogP contribution in [0.4, 0.5) is 0 Å². The van der Waals surface area contributed by atoms with Gasteiger partial charge < -0.3 is 10.0 Å². The molecule has 0 bridgehead atoms. The summed E-state index contributed by atoms with van der Waals surface area (Å²) >= 11 is 9.33. The van der Waals surface area contributed by atoms with Crippen LogP contribution >= 0.6 is 27.5 Å². The number of hydrogen-bond donors (Lipinski definition) is 1. The molecule has 1 aliphatic rings. The molecule has 1 aliphatic heterocycles. The maximum absolute atomic E-state index is 12.5. The van der Waals surface area contributed by atoms with Gasteiger partial charge in [-0.15, -0.1) is 0 Å². The Morgan fingerprint density at radius 2 is 2.32 bits per heavy atom. The Hall–Kier alpha value is -0.580. The molecule has 0 aromatic heterocycles. The van der Waals surface area contributed by atoms with Gasteiger partial charge in [-0.25, -0.2) is 0 Å². The number of carbonyl (C=O) groups is 1. The number of benzene rings is 1. The quantitative estimate of drug-likeness (QED) is 0.892. The fourth-order valence-corrected chi connectivity index (χ4v) is 3.01. The van der Waals surface area contributed by atoms with Gasteiger partial charge in [0.2, 0.25) is 0 Å². The lowest BCUT2D eigenvalue weighted by Crippen LogP contribution is -2.43. The third-order valence-electron chi connectivity index (χ3n) is 3.59. The topological polar surface area (TPSA) is 40.5 Å². The lowest BCUT2D eigenvalue weighted by atomic mass is 9.93. The van der Waals surface area contributed by atoms with Crippen molar-refractivity contribution in [3.8, 4) is 0 Å². The second-order valence-electron chi connectivity index (χ2n) is 5.02. The van der Waals surface area contributed by atoms with E-state index >= 15 is 0 Å². The van der Waals surface area contributed by atoms with Crippen LogP contribution in [-0.2, 0) is 0 Å². The Kier molecular flexibility index (Phi) is 4.87. The van der Waals surface area contributed by atoms with E-state index in [4.69, 9.17) is 11.6 Å². The minimum absolute atomic E-state index is 0.0280. The van der Waals surface area contributed by atoms with Crippen LogP contribution in [0.1, 0.15) is 30.1 Å². The summed E-state index contributed by atoms with van der Waals surface area (Å²) in [6.07, 6.45) is 1.52. The van der Waals surface area contributed by atoms with Gasteiger partial charge in [-0.05, 0) is 53.9 Å². The van der Waals surface area contributed by atoms with Crippen molar-refractivity contribution in [1.82, 2.24) is 4.90 Å². The molecule has 5 heteroatoms. The van der Waals surface area contributed by atoms with Gasteiger partial charge in [0.1, 0.15) is 0 Å². The predicted molar refractivity (Wildman–Crippen MR) is 79.5 cm³/mol. The van der Waals surface area contributed by atoms with Crippen LogP contribution in [0.2, 0.25) is 5.02 Å². The number of halogens is 2. The first-order valence-electron chi connectivity index (χ1n) is 6.41. The molecule has 1 saturated heterocycles. The molecule has 3 nitrogen and oxygen atoms in total. The lowest BCUT2D eigenvalue weighted by molar-refractivity contribution is 0.0465. The van der Waals surface area contributed by atoms with Crippen molar-refractivity contribution in [3.63, 3.8) is 0 Å². The average Bonchev–Trinajstić information content (AvgIpc) is 2.41. The van der Waals surface area contributed by atoms with Crippen LogP contribution in [0.5, 0.6) is 0 Å². The molecule has 1 aromatic carbocycles. The number of aliphatic hydroxyl groups is 1. The van der Waals surface area contributed by atoms with E-state index in [1.165, 1.54) is 0 Å². The Bertz CT molecular complexity index is 479. The smallest absolute Gasteiger partial charge is 0.255 e. The molecule has 0 aliphatic carbocycles. The second kappa shape index (κ2) is 6.25. The Labute approximate surface area is 126 Å². The second-order valence-corrected chi connectivity index (χ2v) is 6.31. The zero-order chi connectivity index (χ0) is 14.0. The number of nitrogens with zero attached hydrogens (tertiary/aromatic N) is 1. The van der Waals surface area contributed by atoms with Gasteiger partial charge in [-0.2, -0.15) is 0 Å². The van der Waals surface area contributed by atoms with E-state index in [1.807, 2.05) is 0 Å². The molecule has 0 radical (unpaired) electrons. The number of piperidine rings is 1. The molecule has 1 amide bonds. The van der Waals surface area contributed by atoms with Gasteiger partial charge in [0.15, 0.2) is 0 Å². The van der Waals surface area contributed by atoms with Gasteiger partial charge in [-0.1, -0.05) is 11.6 Å². The van der Waals surface area contributed by atoms with Crippen molar-refractivity contribution in [2.45, 2.75) is 25.9 Å². The normalized spacial score (nSPS) is 21.3. The highest BCUT2D eigenvalue weighted by atomic mass is 79.9. The summed E-state index contributed by atoms with van der Waals surface area (Å²) in [7, 11) is 0. The van der Waals surface area contributed by atoms with Gasteiger partial charge in [0.25, 0.3) is 5.91 Å². The molecule has 0 saturated carbocycles. The molecule has 19 heavy (non-hydrogen) atoms. The zero-order valence-electron chi connectivity index (χ0n) is 10.8. The van der Waals surface area contributed by atoms with Crippen molar-refractivity contribution in [2.75, 3.05) is 13.1 Å². The van der Waals surface area contributed by atoms with Crippen LogP contribution in [0.25, 0.3) is 0 Å². The van der Waals surface area contributed by atoms with Gasteiger partial charge in [0, 0.05) is 28.5 Å². The van der Waals surface area contributed by atoms with E-state index in [1.54, 1.807) is 30.0 Å². The fraction of sp³-hybridized carbons (Fsp3) is 0.500. The van der Waals surface area contributed by atoms with Gasteiger partial charge >= 0.3 is 0 Å². The van der Waals surface area contributed by atoms with E-state index in [2.05, 4.69) is 15.9 Å². The fourth-order valence-electron chi connectivity index (χ4n) is 2.42. The highest BCUT2D eigenvalue weighted by Gasteiger charge is 2.27. The summed E-state index contributed by atoms with van der Waals surface area (Å²) in [5.41, 5.74) is 0.582. The zero-order valence-corrected chi connectivity index (χ0v) is 13.1. The van der Waals surface area contributed by atoms with E-state index in [-0.39, 0.29) is 17.9 Å². The standard InChI is InChI=1S/C14H17BrClNO2/c1-9(18)10-3-2-6-17(8-10)14(19)12-7-11(16)4-5-13(12)15/h4-5,7,9-10,18H,2-3,6,8H2,1H3. The van der Waals surface area contributed by atoms with Gasteiger partial charge in [0.05, 0.1) is 11.7 Å². The number of hydrogen-bond acceptors (Lipinski definition) is 2. The number of amides is 1. The maximum atomic E-state index is 12.5. The van der Waals surface area contributed by atoms with Crippen LogP contribution in [0.3, 0.4) is 0 Å². The maximum Gasteiger partial charge on any atom is 0.255 e. The number of likely N-dealkylation sites (tertiary alicyclic amines) is 1. The third kappa shape index (κ3) is 3.50. The molecular formula is C14H17BrClNO2. The van der Waals surface area contributed by atoms with Crippen molar-refractivity contribution in [3.05, 3.63) is 33.3 Å². The summed E-state index contributed by atoms with van der Waals surface area (Å²) in [5.74, 6) is 0.135. The van der Waals surface area contributed by atoms with E-state index < -0.39 is 0 Å². The SMILES string of the molecule is CC(O)C1CCCN(C(=O)c2cc(Cl)ccc2Br)C1. The van der Waals surface area contributed by atoms with E-state index in [0.29, 0.717) is 17.1 Å². The number of aliphatic hydroxyl groups excluding tert-OH is 1. The molecule has 104 valence electrons. The Morgan fingerprint density at radius 3 is 3.00 bits per heavy atom. The summed E-state index contributed by atoms with van der Waals surface area (Å²) in [6.45, 7) is 3.13. The number of carbonyl (C=O) groups excluding carboxylic acids is 1. The highest BCUT2D eigenvalue weighted by Crippen LogP contribution is 2.26. The molecule has 2 rings (SSSR count). The Balaban J connectivity index is 2.17. The monoisotopic (exact) mass is 345 g/mol. The van der Waals surface area contributed by atoms with Crippen LogP contribution < -0.4 is 0 Å². The van der Waals surface area contributed by atoms with Crippen molar-refractivity contribution in [2.24, 2.45) is 5.92 Å². The summed E-state index contributed by atoms with van der Waals surface area (Å²) in [5, 5.41) is 10.2. The first-order valence-corrected chi connectivity index (χ1v) is 7.58. The van der Waals surface area contributed by atoms with Crippen LogP contribution in [0.15, 0.2) is 22.7 Å². The molecular weight excluding hydrogens is 330 g/mol. The highest BCUT2D eigenvalue weighted by molar-refractivity contribution is 9.10. The molecule has 1 N–H and O–H groups in total. The number of rotatable bonds is 2. The minimum atomic E-state index is -0.376. The summed E-state index contributed by atoms with van der Waals surface area (Å²) in [6, 6.07) is 5.21. The van der Waals surface area contributed by atoms with Gasteiger partial charge in [-0.3, -0.25) is 4.79 Å². The van der Waals surface area contributed by atoms with Crippen molar-refractivity contribution >= 4 is 33.4 Å². The first kappa shape index (κ1) is 14.8. The predicted octanol–water partition coefficient (Wildman–Crippen LogP) is 3.34. The summed E-state index contributed by atoms with van der Waals surface area (Å²) < 4.78 is 0.751. The molecule has 1 aromatic rings. The molecule has 1 heterocycles. The minimum Gasteiger partial charge on any atom is -0.393 e. The first-order chi connectivity index (χ1) is 8.99. The largest absolute Gasteiger partial charge is 0.393 e. The lowest BCUT2D eigenvalue weighted by Gasteiger charge is -2.34. The molecule has 1 fully saturated rings. The van der Waals surface area contributed by atoms with Crippen LogP contribution in [0, 0.1) is 5.92 Å². The molecule has 2 unspecified atom stereocenters. The molecule has 2 atom stereocenters.